The van der Waals surface area contributed by atoms with E-state index in [1.165, 1.54) is 11.3 Å². The Morgan fingerprint density at radius 2 is 1.68 bits per heavy atom. The smallest absolute Gasteiger partial charge is 0.203 e. The van der Waals surface area contributed by atoms with Crippen molar-refractivity contribution in [3.8, 4) is 0 Å². The zero-order valence-corrected chi connectivity index (χ0v) is 15.6. The molecule has 0 fully saturated rings. The SMILES string of the molecule is Cc1csc(NN=Cc2c(C)c(C)c(C(Cl)Cl)c(C)c2C)n1. The van der Waals surface area contributed by atoms with Crippen LogP contribution in [0.3, 0.4) is 0 Å². The summed E-state index contributed by atoms with van der Waals surface area (Å²) in [5.74, 6) is 0. The van der Waals surface area contributed by atoms with Gasteiger partial charge in [-0.25, -0.2) is 4.98 Å². The maximum atomic E-state index is 6.11. The largest absolute Gasteiger partial charge is 0.253 e. The Morgan fingerprint density at radius 1 is 1.09 bits per heavy atom. The first-order valence-corrected chi connectivity index (χ1v) is 8.67. The first kappa shape index (κ1) is 17.3. The lowest BCUT2D eigenvalue weighted by atomic mass is 9.90. The highest BCUT2D eigenvalue weighted by Gasteiger charge is 2.17. The molecule has 3 nitrogen and oxygen atoms in total. The molecular weight excluding hydrogens is 337 g/mol. The molecule has 0 aliphatic heterocycles. The molecule has 0 unspecified atom stereocenters. The minimum atomic E-state index is -0.514. The third-order valence-corrected chi connectivity index (χ3v) is 5.23. The van der Waals surface area contributed by atoms with Crippen molar-refractivity contribution in [1.82, 2.24) is 4.98 Å². The number of hydrogen-bond donors (Lipinski definition) is 1. The molecule has 1 aromatic heterocycles. The molecule has 6 heteroatoms. The normalized spacial score (nSPS) is 11.6. The van der Waals surface area contributed by atoms with E-state index in [4.69, 9.17) is 23.2 Å². The number of rotatable bonds is 4. The lowest BCUT2D eigenvalue weighted by molar-refractivity contribution is 1.13. The van der Waals surface area contributed by atoms with Crippen LogP contribution in [0.4, 0.5) is 5.13 Å². The monoisotopic (exact) mass is 355 g/mol. The Labute approximate surface area is 145 Å². The van der Waals surface area contributed by atoms with Crippen molar-refractivity contribution in [1.29, 1.82) is 0 Å². The van der Waals surface area contributed by atoms with E-state index >= 15 is 0 Å². The standard InChI is InChI=1S/C16H19Cl2N3S/c1-8-7-22-16(20-8)21-19-6-13-9(2)11(4)14(15(17)18)12(5)10(13)3/h6-7,15H,1-5H3,(H,20,21). The van der Waals surface area contributed by atoms with Crippen LogP contribution < -0.4 is 5.43 Å². The number of halogens is 2. The number of nitrogens with one attached hydrogen (secondary N) is 1. The van der Waals surface area contributed by atoms with Gasteiger partial charge in [-0.15, -0.1) is 34.5 Å². The number of nitrogens with zero attached hydrogens (tertiary/aromatic N) is 2. The van der Waals surface area contributed by atoms with E-state index in [1.54, 1.807) is 0 Å². The summed E-state index contributed by atoms with van der Waals surface area (Å²) in [5, 5.41) is 7.08. The molecule has 0 aliphatic carbocycles. The first-order valence-electron chi connectivity index (χ1n) is 6.92. The molecule has 2 rings (SSSR count). The summed E-state index contributed by atoms with van der Waals surface area (Å²) >= 11 is 13.8. The molecule has 0 saturated carbocycles. The molecule has 1 heterocycles. The van der Waals surface area contributed by atoms with E-state index in [0.717, 1.165) is 44.2 Å². The molecule has 2 aromatic rings. The molecule has 0 bridgehead atoms. The van der Waals surface area contributed by atoms with E-state index in [2.05, 4.69) is 29.4 Å². The highest BCUT2D eigenvalue weighted by Crippen LogP contribution is 2.35. The molecular formula is C16H19Cl2N3S. The predicted molar refractivity (Wildman–Crippen MR) is 97.9 cm³/mol. The Balaban J connectivity index is 2.35. The van der Waals surface area contributed by atoms with Crippen LogP contribution in [0.15, 0.2) is 10.5 Å². The number of thiazole rings is 1. The zero-order valence-electron chi connectivity index (χ0n) is 13.3. The predicted octanol–water partition coefficient (Wildman–Crippen LogP) is 5.61. The third-order valence-electron chi connectivity index (χ3n) is 3.93. The summed E-state index contributed by atoms with van der Waals surface area (Å²) in [6.45, 7) is 10.2. The number of aromatic nitrogens is 1. The van der Waals surface area contributed by atoms with Crippen LogP contribution >= 0.6 is 34.5 Å². The highest BCUT2D eigenvalue weighted by atomic mass is 35.5. The van der Waals surface area contributed by atoms with Crippen LogP contribution in [-0.4, -0.2) is 11.2 Å². The van der Waals surface area contributed by atoms with Crippen molar-refractivity contribution in [2.24, 2.45) is 5.10 Å². The summed E-state index contributed by atoms with van der Waals surface area (Å²) < 4.78 is 0. The van der Waals surface area contributed by atoms with Gasteiger partial charge in [0.1, 0.15) is 4.84 Å². The molecule has 0 radical (unpaired) electrons. The van der Waals surface area contributed by atoms with Gasteiger partial charge >= 0.3 is 0 Å². The molecule has 1 N–H and O–H groups in total. The van der Waals surface area contributed by atoms with Crippen molar-refractivity contribution < 1.29 is 0 Å². The van der Waals surface area contributed by atoms with Crippen LogP contribution in [0.2, 0.25) is 0 Å². The maximum Gasteiger partial charge on any atom is 0.203 e. The van der Waals surface area contributed by atoms with Gasteiger partial charge < -0.3 is 0 Å². The molecule has 0 amide bonds. The Kier molecular flexibility index (Phi) is 5.48. The summed E-state index contributed by atoms with van der Waals surface area (Å²) in [4.78, 5) is 3.80. The van der Waals surface area contributed by atoms with Gasteiger partial charge in [0.05, 0.1) is 11.9 Å². The lowest BCUT2D eigenvalue weighted by Gasteiger charge is -2.19. The first-order chi connectivity index (χ1) is 10.3. The van der Waals surface area contributed by atoms with Crippen LogP contribution in [0.1, 0.15) is 43.9 Å². The fraction of sp³-hybridized carbons (Fsp3) is 0.375. The van der Waals surface area contributed by atoms with Crippen molar-refractivity contribution in [3.63, 3.8) is 0 Å². The average molecular weight is 356 g/mol. The number of hydrogen-bond acceptors (Lipinski definition) is 4. The van der Waals surface area contributed by atoms with Crippen molar-refractivity contribution in [2.75, 3.05) is 5.43 Å². The zero-order chi connectivity index (χ0) is 16.4. The van der Waals surface area contributed by atoms with Crippen LogP contribution in [-0.2, 0) is 0 Å². The van der Waals surface area contributed by atoms with Gasteiger partial charge in [-0.3, -0.25) is 5.43 Å². The van der Waals surface area contributed by atoms with Crippen molar-refractivity contribution in [3.05, 3.63) is 44.5 Å². The minimum absolute atomic E-state index is 0.514. The van der Waals surface area contributed by atoms with Crippen molar-refractivity contribution in [2.45, 2.75) is 39.5 Å². The van der Waals surface area contributed by atoms with E-state index in [-0.39, 0.29) is 0 Å². The van der Waals surface area contributed by atoms with Gasteiger partial charge in [0, 0.05) is 10.9 Å². The lowest BCUT2D eigenvalue weighted by Crippen LogP contribution is -2.05. The van der Waals surface area contributed by atoms with E-state index in [1.807, 2.05) is 32.4 Å². The second-order valence-electron chi connectivity index (χ2n) is 5.29. The van der Waals surface area contributed by atoms with Crippen LogP contribution in [0.5, 0.6) is 0 Å². The van der Waals surface area contributed by atoms with Crippen LogP contribution in [0, 0.1) is 34.6 Å². The molecule has 22 heavy (non-hydrogen) atoms. The number of aryl methyl sites for hydroxylation is 1. The molecule has 0 atom stereocenters. The maximum absolute atomic E-state index is 6.11. The summed E-state index contributed by atoms with van der Waals surface area (Å²) in [6, 6.07) is 0. The fourth-order valence-corrected chi connectivity index (χ4v) is 3.74. The number of anilines is 1. The molecule has 0 spiro atoms. The fourth-order valence-electron chi connectivity index (χ4n) is 2.45. The summed E-state index contributed by atoms with van der Waals surface area (Å²) in [7, 11) is 0. The highest BCUT2D eigenvalue weighted by molar-refractivity contribution is 7.13. The molecule has 1 aromatic carbocycles. The van der Waals surface area contributed by atoms with Crippen molar-refractivity contribution >= 4 is 45.9 Å². The second kappa shape index (κ2) is 6.99. The van der Waals surface area contributed by atoms with Gasteiger partial charge in [-0.05, 0) is 62.4 Å². The number of benzene rings is 1. The van der Waals surface area contributed by atoms with Crippen LogP contribution in [0.25, 0.3) is 0 Å². The van der Waals surface area contributed by atoms with Gasteiger partial charge in [-0.1, -0.05) is 0 Å². The van der Waals surface area contributed by atoms with Gasteiger partial charge in [0.2, 0.25) is 5.13 Å². The van der Waals surface area contributed by atoms with E-state index in [9.17, 15) is 0 Å². The molecule has 118 valence electrons. The number of alkyl halides is 2. The minimum Gasteiger partial charge on any atom is -0.253 e. The van der Waals surface area contributed by atoms with Gasteiger partial charge in [-0.2, -0.15) is 5.10 Å². The third kappa shape index (κ3) is 3.45. The summed E-state index contributed by atoms with van der Waals surface area (Å²) in [5.41, 5.74) is 10.6. The average Bonchev–Trinajstić information content (AvgIpc) is 2.86. The second-order valence-corrected chi connectivity index (χ2v) is 7.25. The topological polar surface area (TPSA) is 37.3 Å². The quantitative estimate of drug-likeness (QED) is 0.439. The Bertz CT molecular complexity index is 691. The Morgan fingerprint density at radius 3 is 2.14 bits per heavy atom. The summed E-state index contributed by atoms with van der Waals surface area (Å²) in [6.07, 6.45) is 1.84. The molecule has 0 saturated heterocycles. The number of hydrazone groups is 1. The van der Waals surface area contributed by atoms with Gasteiger partial charge in [0.15, 0.2) is 0 Å². The van der Waals surface area contributed by atoms with Gasteiger partial charge in [0.25, 0.3) is 0 Å². The van der Waals surface area contributed by atoms with E-state index in [0.29, 0.717) is 0 Å². The van der Waals surface area contributed by atoms with E-state index < -0.39 is 4.84 Å². The molecule has 0 aliphatic rings. The Hall–Kier alpha value is -1.10.